The predicted molar refractivity (Wildman–Crippen MR) is 206 cm³/mol. The molecule has 1 amide bonds. The number of terminal acetylenes is 1. The lowest BCUT2D eigenvalue weighted by molar-refractivity contribution is -0.159. The molecule has 57 heavy (non-hydrogen) atoms. The Morgan fingerprint density at radius 1 is 1.07 bits per heavy atom. The maximum Gasteiger partial charge on any atom is 0.415 e. The molecule has 0 radical (unpaired) electrons. The van der Waals surface area contributed by atoms with Gasteiger partial charge in [-0.2, -0.15) is 9.97 Å². The number of rotatable bonds is 7. The van der Waals surface area contributed by atoms with Crippen molar-refractivity contribution < 1.29 is 41.7 Å². The second-order valence-corrected chi connectivity index (χ2v) is 16.2. The molecule has 0 N–H and O–H groups in total. The summed E-state index contributed by atoms with van der Waals surface area (Å²) in [6.45, 7) is 8.80. The standard InChI is InChI=1S/C42H45F3N6O6/c1-5-28-31(44)11-10-25-19-27(56-40(53)51-15-6-9-32(51)38(52)57-41(2,3)4)20-29(33(25)28)35-34(45)36-30(22-46-35)37(49-13-8-17-54-18-16-49)48-39(47-36)55-24-42-12-7-14-50(42)23-26(43)21-42/h1,10-11,19-20,22,26,32H,6-9,12-18,21,23-24H2,2-4H3/t26-,32+,42+/m1/s1. The number of nitrogens with zero attached hydrogens (tertiary/aromatic N) is 6. The molecule has 4 aliphatic heterocycles. The number of pyridine rings is 1. The lowest BCUT2D eigenvalue weighted by atomic mass is 9.95. The van der Waals surface area contributed by atoms with Gasteiger partial charge < -0.3 is 23.8 Å². The summed E-state index contributed by atoms with van der Waals surface area (Å²) in [6, 6.07) is 4.60. The highest BCUT2D eigenvalue weighted by atomic mass is 19.1. The summed E-state index contributed by atoms with van der Waals surface area (Å²) in [7, 11) is 0. The number of benzene rings is 2. The van der Waals surface area contributed by atoms with Crippen LogP contribution >= 0.6 is 0 Å². The minimum absolute atomic E-state index is 0.00622. The Balaban J connectivity index is 1.21. The molecule has 4 aliphatic rings. The van der Waals surface area contributed by atoms with E-state index in [4.69, 9.17) is 30.4 Å². The Morgan fingerprint density at radius 3 is 2.72 bits per heavy atom. The fraction of sp³-hybridized carbons (Fsp3) is 0.500. The van der Waals surface area contributed by atoms with Crippen molar-refractivity contribution in [2.24, 2.45) is 0 Å². The third-order valence-corrected chi connectivity index (χ3v) is 11.2. The maximum absolute atomic E-state index is 17.3. The topological polar surface area (TPSA) is 119 Å². The Bertz CT molecular complexity index is 2270. The molecule has 6 heterocycles. The normalized spacial score (nSPS) is 22.8. The average Bonchev–Trinajstić information content (AvgIpc) is 3.82. The zero-order chi connectivity index (χ0) is 40.1. The molecule has 4 saturated heterocycles. The summed E-state index contributed by atoms with van der Waals surface area (Å²) in [5.41, 5.74) is -1.66. The molecule has 0 aliphatic carbocycles. The van der Waals surface area contributed by atoms with Gasteiger partial charge in [0.25, 0.3) is 0 Å². The number of fused-ring (bicyclic) bond motifs is 3. The molecule has 12 nitrogen and oxygen atoms in total. The highest BCUT2D eigenvalue weighted by molar-refractivity contribution is 6.03. The number of aromatic nitrogens is 3. The van der Waals surface area contributed by atoms with Crippen LogP contribution in [0, 0.1) is 24.0 Å². The van der Waals surface area contributed by atoms with E-state index >= 15 is 8.78 Å². The van der Waals surface area contributed by atoms with Gasteiger partial charge in [0.2, 0.25) is 0 Å². The number of amides is 1. The lowest BCUT2D eigenvalue weighted by Gasteiger charge is -2.31. The number of likely N-dealkylation sites (tertiary alicyclic amines) is 1. The van der Waals surface area contributed by atoms with Gasteiger partial charge >= 0.3 is 18.1 Å². The number of anilines is 1. The number of alkyl halides is 1. The highest BCUT2D eigenvalue weighted by Gasteiger charge is 2.49. The fourth-order valence-electron chi connectivity index (χ4n) is 8.68. The van der Waals surface area contributed by atoms with Crippen molar-refractivity contribution in [1.29, 1.82) is 0 Å². The van der Waals surface area contributed by atoms with E-state index in [2.05, 4.69) is 20.8 Å². The first-order valence-corrected chi connectivity index (χ1v) is 19.5. The molecule has 300 valence electrons. The number of hydrogen-bond acceptors (Lipinski definition) is 11. The van der Waals surface area contributed by atoms with Crippen LogP contribution in [0.25, 0.3) is 32.9 Å². The second-order valence-electron chi connectivity index (χ2n) is 16.2. The fourth-order valence-corrected chi connectivity index (χ4v) is 8.68. The van der Waals surface area contributed by atoms with E-state index in [1.165, 1.54) is 35.4 Å². The molecule has 8 rings (SSSR count). The molecular formula is C42H45F3N6O6. The molecule has 3 atom stereocenters. The van der Waals surface area contributed by atoms with Crippen LogP contribution in [0.15, 0.2) is 30.5 Å². The van der Waals surface area contributed by atoms with Crippen LogP contribution in [-0.2, 0) is 14.3 Å². The first kappa shape index (κ1) is 38.7. The SMILES string of the molecule is C#Cc1c(F)ccc2cc(OC(=O)N3CCC[C@H]3C(=O)OC(C)(C)C)cc(-c3ncc4c(N5CCCOCC5)nc(OC[C@@]56CCCN5C[C@H](F)C6)nc4c3F)c12. The van der Waals surface area contributed by atoms with Crippen LogP contribution < -0.4 is 14.4 Å². The van der Waals surface area contributed by atoms with Crippen LogP contribution in [0.3, 0.4) is 0 Å². The molecular weight excluding hydrogens is 741 g/mol. The average molecular weight is 787 g/mol. The van der Waals surface area contributed by atoms with E-state index < -0.39 is 47.1 Å². The van der Waals surface area contributed by atoms with Crippen molar-refractivity contribution in [2.75, 3.05) is 57.4 Å². The smallest absolute Gasteiger partial charge is 0.415 e. The Labute approximate surface area is 328 Å². The molecule has 2 aromatic heterocycles. The maximum atomic E-state index is 17.3. The largest absolute Gasteiger partial charge is 0.461 e. The molecule has 2 aromatic carbocycles. The van der Waals surface area contributed by atoms with E-state index in [0.717, 1.165) is 19.4 Å². The van der Waals surface area contributed by atoms with Crippen molar-refractivity contribution >= 4 is 39.6 Å². The van der Waals surface area contributed by atoms with E-state index in [0.29, 0.717) is 75.1 Å². The van der Waals surface area contributed by atoms with Crippen molar-refractivity contribution in [3.63, 3.8) is 0 Å². The van der Waals surface area contributed by atoms with Crippen molar-refractivity contribution in [3.8, 4) is 35.4 Å². The lowest BCUT2D eigenvalue weighted by Crippen LogP contribution is -2.44. The van der Waals surface area contributed by atoms with Crippen LogP contribution in [-0.4, -0.2) is 113 Å². The monoisotopic (exact) mass is 786 g/mol. The predicted octanol–water partition coefficient (Wildman–Crippen LogP) is 6.59. The summed E-state index contributed by atoms with van der Waals surface area (Å²) in [6.07, 6.45) is 9.21. The van der Waals surface area contributed by atoms with E-state index in [9.17, 15) is 14.0 Å². The van der Waals surface area contributed by atoms with E-state index in [1.807, 2.05) is 4.90 Å². The van der Waals surface area contributed by atoms with Gasteiger partial charge in [0.1, 0.15) is 53.0 Å². The summed E-state index contributed by atoms with van der Waals surface area (Å²) >= 11 is 0. The number of ether oxygens (including phenoxy) is 4. The number of carbonyl (C=O) groups is 2. The van der Waals surface area contributed by atoms with Crippen LogP contribution in [0.5, 0.6) is 11.8 Å². The third kappa shape index (κ3) is 7.52. The van der Waals surface area contributed by atoms with E-state index in [-0.39, 0.29) is 52.6 Å². The molecule has 0 spiro atoms. The van der Waals surface area contributed by atoms with Crippen LogP contribution in [0.1, 0.15) is 64.9 Å². The molecule has 15 heteroatoms. The number of hydrogen-bond donors (Lipinski definition) is 0. The molecule has 4 fully saturated rings. The number of halogens is 3. The highest BCUT2D eigenvalue weighted by Crippen LogP contribution is 2.42. The van der Waals surface area contributed by atoms with Crippen molar-refractivity contribution in [2.45, 2.75) is 82.6 Å². The third-order valence-electron chi connectivity index (χ3n) is 11.2. The first-order chi connectivity index (χ1) is 27.3. The van der Waals surface area contributed by atoms with Crippen molar-refractivity contribution in [1.82, 2.24) is 24.8 Å². The molecule has 0 bridgehead atoms. The first-order valence-electron chi connectivity index (χ1n) is 19.5. The van der Waals surface area contributed by atoms with Gasteiger partial charge in [0.15, 0.2) is 5.82 Å². The molecule has 0 unspecified atom stereocenters. The summed E-state index contributed by atoms with van der Waals surface area (Å²) < 4.78 is 70.6. The van der Waals surface area contributed by atoms with Gasteiger partial charge in [-0.1, -0.05) is 12.0 Å². The van der Waals surface area contributed by atoms with Gasteiger partial charge in [-0.25, -0.2) is 22.8 Å². The van der Waals surface area contributed by atoms with Gasteiger partial charge in [-0.3, -0.25) is 14.8 Å². The van der Waals surface area contributed by atoms with Gasteiger partial charge in [-0.15, -0.1) is 6.42 Å². The number of carbonyl (C=O) groups excluding carboxylic acids is 2. The quantitative estimate of drug-likeness (QED) is 0.149. The van der Waals surface area contributed by atoms with Gasteiger partial charge in [-0.05, 0) is 83.0 Å². The van der Waals surface area contributed by atoms with Crippen molar-refractivity contribution in [3.05, 3.63) is 47.7 Å². The van der Waals surface area contributed by atoms with Gasteiger partial charge in [0, 0.05) is 56.4 Å². The summed E-state index contributed by atoms with van der Waals surface area (Å²) in [5, 5.41) is 0.846. The minimum atomic E-state index is -0.963. The minimum Gasteiger partial charge on any atom is -0.461 e. The Morgan fingerprint density at radius 2 is 1.91 bits per heavy atom. The molecule has 0 saturated carbocycles. The van der Waals surface area contributed by atoms with Crippen LogP contribution in [0.2, 0.25) is 0 Å². The zero-order valence-electron chi connectivity index (χ0n) is 32.3. The Kier molecular flexibility index (Phi) is 10.4. The Hall–Kier alpha value is -5.20. The summed E-state index contributed by atoms with van der Waals surface area (Å²) in [4.78, 5) is 45.9. The number of esters is 1. The molecule has 4 aromatic rings. The van der Waals surface area contributed by atoms with Gasteiger partial charge in [0.05, 0.1) is 23.1 Å². The van der Waals surface area contributed by atoms with Crippen LogP contribution in [0.4, 0.5) is 23.8 Å². The van der Waals surface area contributed by atoms with E-state index in [1.54, 1.807) is 20.8 Å². The second kappa shape index (κ2) is 15.3. The zero-order valence-corrected chi connectivity index (χ0v) is 32.3. The summed E-state index contributed by atoms with van der Waals surface area (Å²) in [5.74, 6) is 0.678.